The van der Waals surface area contributed by atoms with Gasteiger partial charge in [0, 0.05) is 39.3 Å². The molecule has 5 nitrogen and oxygen atoms in total. The van der Waals surface area contributed by atoms with Gasteiger partial charge in [0.15, 0.2) is 0 Å². The molecule has 0 radical (unpaired) electrons. The Morgan fingerprint density at radius 3 is 2.69 bits per heavy atom. The van der Waals surface area contributed by atoms with E-state index >= 15 is 0 Å². The highest BCUT2D eigenvalue weighted by Gasteiger charge is 2.38. The summed E-state index contributed by atoms with van der Waals surface area (Å²) in [4.78, 5) is 18.1. The molecular weight excluding hydrogens is 324 g/mol. The van der Waals surface area contributed by atoms with Crippen LogP contribution < -0.4 is 0 Å². The maximum Gasteiger partial charge on any atom is 0.272 e. The van der Waals surface area contributed by atoms with Gasteiger partial charge in [0.1, 0.15) is 5.69 Å². The van der Waals surface area contributed by atoms with Crippen LogP contribution in [-0.4, -0.2) is 57.7 Å². The molecular formula is C21H34N4O. The molecule has 5 heteroatoms. The van der Waals surface area contributed by atoms with Crippen molar-refractivity contribution in [3.8, 4) is 0 Å². The van der Waals surface area contributed by atoms with Crippen molar-refractivity contribution < 1.29 is 4.79 Å². The Bertz CT molecular complexity index is 648. The topological polar surface area (TPSA) is 41.4 Å². The lowest BCUT2D eigenvalue weighted by Crippen LogP contribution is -2.47. The third kappa shape index (κ3) is 3.68. The minimum absolute atomic E-state index is 0.178. The Morgan fingerprint density at radius 1 is 1.19 bits per heavy atom. The van der Waals surface area contributed by atoms with Crippen LogP contribution in [0.25, 0.3) is 0 Å². The lowest BCUT2D eigenvalue weighted by Gasteiger charge is -2.40. The van der Waals surface area contributed by atoms with Crippen LogP contribution in [0.5, 0.6) is 0 Å². The number of aryl methyl sites for hydroxylation is 1. The Hall–Kier alpha value is -1.36. The summed E-state index contributed by atoms with van der Waals surface area (Å²) < 4.78 is 1.79. The Labute approximate surface area is 157 Å². The van der Waals surface area contributed by atoms with Crippen molar-refractivity contribution in [2.24, 2.45) is 24.8 Å². The molecule has 1 amide bonds. The zero-order chi connectivity index (χ0) is 18.3. The minimum Gasteiger partial charge on any atom is -0.335 e. The lowest BCUT2D eigenvalue weighted by molar-refractivity contribution is 0.0707. The smallest absolute Gasteiger partial charge is 0.272 e. The third-order valence-corrected chi connectivity index (χ3v) is 6.60. The molecule has 1 saturated carbocycles. The molecule has 0 unspecified atom stereocenters. The van der Waals surface area contributed by atoms with Gasteiger partial charge in [-0.1, -0.05) is 20.3 Å². The van der Waals surface area contributed by atoms with E-state index in [0.717, 1.165) is 36.8 Å². The lowest BCUT2D eigenvalue weighted by atomic mass is 9.83. The fourth-order valence-electron chi connectivity index (χ4n) is 4.98. The van der Waals surface area contributed by atoms with Crippen molar-refractivity contribution in [1.82, 2.24) is 19.6 Å². The monoisotopic (exact) mass is 358 g/mol. The van der Waals surface area contributed by atoms with Crippen LogP contribution in [0.1, 0.15) is 62.1 Å². The molecule has 4 aliphatic rings. The van der Waals surface area contributed by atoms with Crippen molar-refractivity contribution in [3.63, 3.8) is 0 Å². The van der Waals surface area contributed by atoms with Crippen molar-refractivity contribution in [2.75, 3.05) is 26.2 Å². The fourth-order valence-corrected chi connectivity index (χ4v) is 4.98. The number of rotatable bonds is 5. The first-order valence-corrected chi connectivity index (χ1v) is 10.6. The summed E-state index contributed by atoms with van der Waals surface area (Å²) in [7, 11) is 1.91. The number of fused-ring (bicyclic) bond motifs is 4. The summed E-state index contributed by atoms with van der Waals surface area (Å²) in [5.41, 5.74) is 1.79. The van der Waals surface area contributed by atoms with Crippen molar-refractivity contribution in [2.45, 2.75) is 58.4 Å². The summed E-state index contributed by atoms with van der Waals surface area (Å²) in [6.07, 6.45) is 7.69. The van der Waals surface area contributed by atoms with Crippen LogP contribution in [0.4, 0.5) is 0 Å². The van der Waals surface area contributed by atoms with E-state index in [1.165, 1.54) is 45.2 Å². The van der Waals surface area contributed by atoms with Gasteiger partial charge in [-0.25, -0.2) is 0 Å². The highest BCUT2D eigenvalue weighted by Crippen LogP contribution is 2.33. The van der Waals surface area contributed by atoms with E-state index in [4.69, 9.17) is 0 Å². The maximum atomic E-state index is 13.2. The summed E-state index contributed by atoms with van der Waals surface area (Å²) in [6.45, 7) is 8.65. The molecule has 1 aromatic heterocycles. The van der Waals surface area contributed by atoms with Crippen molar-refractivity contribution in [3.05, 3.63) is 17.5 Å². The molecule has 2 atom stereocenters. The standard InChI is InChI=1S/C21H34N4O/c1-15(2)9-18-10-20(23(3)22-18)21(26)25-13-17-7-8-19(14-25)24(12-17)11-16-5-4-6-16/h10,15-17,19H,4-9,11-14H2,1-3H3/t17-,19-/m0/s1. The van der Waals surface area contributed by atoms with Crippen LogP contribution in [-0.2, 0) is 13.5 Å². The van der Waals surface area contributed by atoms with Gasteiger partial charge < -0.3 is 4.90 Å². The number of hydrogen-bond donors (Lipinski definition) is 0. The largest absolute Gasteiger partial charge is 0.335 e. The Morgan fingerprint density at radius 2 is 2.00 bits per heavy atom. The first kappa shape index (κ1) is 18.0. The van der Waals surface area contributed by atoms with Gasteiger partial charge in [-0.15, -0.1) is 0 Å². The molecule has 26 heavy (non-hydrogen) atoms. The van der Waals surface area contributed by atoms with Crippen LogP contribution in [0.2, 0.25) is 0 Å². The van der Waals surface area contributed by atoms with Crippen LogP contribution in [0.3, 0.4) is 0 Å². The molecule has 1 aliphatic carbocycles. The van der Waals surface area contributed by atoms with E-state index in [9.17, 15) is 4.79 Å². The van der Waals surface area contributed by atoms with Gasteiger partial charge in [-0.2, -0.15) is 5.10 Å². The minimum atomic E-state index is 0.178. The number of aromatic nitrogens is 2. The van der Waals surface area contributed by atoms with Gasteiger partial charge in [0.2, 0.25) is 0 Å². The van der Waals surface area contributed by atoms with E-state index in [2.05, 4.69) is 28.7 Å². The van der Waals surface area contributed by atoms with Gasteiger partial charge in [-0.3, -0.25) is 14.4 Å². The molecule has 0 N–H and O–H groups in total. The van der Waals surface area contributed by atoms with Crippen LogP contribution >= 0.6 is 0 Å². The molecule has 0 spiro atoms. The van der Waals surface area contributed by atoms with Crippen LogP contribution in [0, 0.1) is 17.8 Å². The Balaban J connectivity index is 1.46. The molecule has 0 aromatic carbocycles. The quantitative estimate of drug-likeness (QED) is 0.813. The van der Waals surface area contributed by atoms with E-state index in [0.29, 0.717) is 17.9 Å². The molecule has 2 bridgehead atoms. The van der Waals surface area contributed by atoms with Crippen LogP contribution in [0.15, 0.2) is 6.07 Å². The van der Waals surface area contributed by atoms with Crippen molar-refractivity contribution in [1.29, 1.82) is 0 Å². The molecule has 4 heterocycles. The first-order valence-electron chi connectivity index (χ1n) is 10.6. The predicted octanol–water partition coefficient (Wildman–Crippen LogP) is 2.96. The highest BCUT2D eigenvalue weighted by atomic mass is 16.2. The normalized spacial score (nSPS) is 27.0. The third-order valence-electron chi connectivity index (χ3n) is 6.60. The molecule has 4 fully saturated rings. The second kappa shape index (κ2) is 7.34. The van der Waals surface area contributed by atoms with Gasteiger partial charge >= 0.3 is 0 Å². The highest BCUT2D eigenvalue weighted by molar-refractivity contribution is 5.92. The van der Waals surface area contributed by atoms with E-state index in [1.54, 1.807) is 4.68 Å². The zero-order valence-corrected chi connectivity index (χ0v) is 16.7. The van der Waals surface area contributed by atoms with Gasteiger partial charge in [0.05, 0.1) is 5.69 Å². The molecule has 144 valence electrons. The maximum absolute atomic E-state index is 13.2. The predicted molar refractivity (Wildman–Crippen MR) is 103 cm³/mol. The van der Waals surface area contributed by atoms with E-state index < -0.39 is 0 Å². The van der Waals surface area contributed by atoms with Crippen molar-refractivity contribution >= 4 is 5.91 Å². The molecule has 5 rings (SSSR count). The second-order valence-electron chi connectivity index (χ2n) is 9.30. The molecule has 3 aliphatic heterocycles. The number of hydrogen-bond acceptors (Lipinski definition) is 3. The summed E-state index contributed by atoms with van der Waals surface area (Å²) in [5.74, 6) is 2.29. The average molecular weight is 359 g/mol. The van der Waals surface area contributed by atoms with Gasteiger partial charge in [0.25, 0.3) is 5.91 Å². The summed E-state index contributed by atoms with van der Waals surface area (Å²) in [5, 5.41) is 4.58. The number of carbonyl (C=O) groups is 1. The molecule has 1 aromatic rings. The summed E-state index contributed by atoms with van der Waals surface area (Å²) in [6, 6.07) is 2.57. The Kier molecular flexibility index (Phi) is 5.09. The zero-order valence-electron chi connectivity index (χ0n) is 16.7. The summed E-state index contributed by atoms with van der Waals surface area (Å²) >= 11 is 0. The van der Waals surface area contributed by atoms with Gasteiger partial charge in [-0.05, 0) is 55.9 Å². The van der Waals surface area contributed by atoms with E-state index in [-0.39, 0.29) is 5.91 Å². The first-order chi connectivity index (χ1) is 12.5. The number of carbonyl (C=O) groups excluding carboxylic acids is 1. The second-order valence-corrected chi connectivity index (χ2v) is 9.30. The number of piperidine rings is 1. The SMILES string of the molecule is CC(C)Cc1cc(C(=O)N2C[C@H]3CC[C@@H](C2)N(CC2CCC2)C3)n(C)n1. The number of amides is 1. The average Bonchev–Trinajstić information content (AvgIpc) is 2.73. The molecule has 3 saturated heterocycles. The van der Waals surface area contributed by atoms with E-state index in [1.807, 2.05) is 13.1 Å². The fraction of sp³-hybridized carbons (Fsp3) is 0.810. The number of nitrogens with zero attached hydrogens (tertiary/aromatic N) is 4.